The van der Waals surface area contributed by atoms with Gasteiger partial charge in [0, 0.05) is 5.69 Å². The lowest BCUT2D eigenvalue weighted by molar-refractivity contribution is 0.0933. The number of aromatic amines is 2. The molecule has 4 aromatic rings. The number of nitrogens with zero attached hydrogens (tertiary/aromatic N) is 2. The maximum atomic E-state index is 13.1. The van der Waals surface area contributed by atoms with E-state index in [0.29, 0.717) is 22.4 Å². The molecule has 3 N–H and O–H groups in total. The zero-order chi connectivity index (χ0) is 19.0. The molecule has 2 aromatic heterocycles. The minimum absolute atomic E-state index is 0.276. The van der Waals surface area contributed by atoms with Crippen LogP contribution in [0.2, 0.25) is 0 Å². The molecular weight excluding hydrogens is 349 g/mol. The molecule has 2 aromatic carbocycles. The number of hydrogen-bond donors (Lipinski definition) is 3. The van der Waals surface area contributed by atoms with Gasteiger partial charge < -0.3 is 15.3 Å². The van der Waals surface area contributed by atoms with Crippen LogP contribution in [0.1, 0.15) is 29.0 Å². The van der Waals surface area contributed by atoms with E-state index in [1.807, 2.05) is 19.1 Å². The number of aromatic nitrogens is 4. The lowest BCUT2D eigenvalue weighted by Gasteiger charge is -2.15. The van der Waals surface area contributed by atoms with Crippen molar-refractivity contribution in [2.75, 3.05) is 0 Å². The van der Waals surface area contributed by atoms with E-state index in [1.165, 1.54) is 24.7 Å². The normalized spacial score (nSPS) is 12.2. The molecule has 0 aliphatic carbocycles. The number of amides is 1. The third kappa shape index (κ3) is 3.24. The van der Waals surface area contributed by atoms with Crippen LogP contribution in [-0.4, -0.2) is 25.4 Å². The van der Waals surface area contributed by atoms with Crippen LogP contribution < -0.4 is 11.0 Å². The number of H-pyrrole nitrogens is 2. The van der Waals surface area contributed by atoms with Crippen LogP contribution in [-0.2, 0) is 0 Å². The van der Waals surface area contributed by atoms with E-state index in [1.54, 1.807) is 22.8 Å². The lowest BCUT2D eigenvalue weighted by Crippen LogP contribution is -2.28. The third-order valence-corrected chi connectivity index (χ3v) is 4.36. The fraction of sp³-hybridized carbons (Fsp3) is 0.105. The van der Waals surface area contributed by atoms with Gasteiger partial charge in [-0.05, 0) is 48.9 Å². The van der Waals surface area contributed by atoms with Gasteiger partial charge in [-0.1, -0.05) is 6.07 Å². The standard InChI is InChI=1S/C19H16FN5O2/c1-11(12-2-7-15-16(8-12)24-19(27)23-15)22-18(26)17-9-21-10-25(17)14-5-3-13(20)4-6-14/h2-11H,1H3,(H,22,26)(H2,23,24,27)/t11-/m1/s1. The van der Waals surface area contributed by atoms with Gasteiger partial charge in [-0.15, -0.1) is 0 Å². The van der Waals surface area contributed by atoms with Crippen LogP contribution in [0.3, 0.4) is 0 Å². The lowest BCUT2D eigenvalue weighted by atomic mass is 10.1. The molecule has 0 bridgehead atoms. The summed E-state index contributed by atoms with van der Waals surface area (Å²) >= 11 is 0. The van der Waals surface area contributed by atoms with Crippen LogP contribution in [0, 0.1) is 5.82 Å². The van der Waals surface area contributed by atoms with Gasteiger partial charge in [0.05, 0.1) is 29.6 Å². The highest BCUT2D eigenvalue weighted by Gasteiger charge is 2.17. The molecule has 0 fully saturated rings. The maximum absolute atomic E-state index is 13.1. The number of benzene rings is 2. The molecule has 0 unspecified atom stereocenters. The van der Waals surface area contributed by atoms with Crippen LogP contribution in [0.25, 0.3) is 16.7 Å². The van der Waals surface area contributed by atoms with E-state index in [-0.39, 0.29) is 23.5 Å². The molecule has 1 atom stereocenters. The minimum Gasteiger partial charge on any atom is -0.344 e. The Hall–Kier alpha value is -3.68. The summed E-state index contributed by atoms with van der Waals surface area (Å²) in [6, 6.07) is 11.0. The summed E-state index contributed by atoms with van der Waals surface area (Å²) in [4.78, 5) is 33.5. The molecule has 4 rings (SSSR count). The molecule has 27 heavy (non-hydrogen) atoms. The molecule has 1 amide bonds. The number of imidazole rings is 2. The largest absolute Gasteiger partial charge is 0.344 e. The summed E-state index contributed by atoms with van der Waals surface area (Å²) in [5.74, 6) is -0.663. The first-order valence-corrected chi connectivity index (χ1v) is 8.32. The zero-order valence-electron chi connectivity index (χ0n) is 14.4. The number of rotatable bonds is 4. The van der Waals surface area contributed by atoms with Crippen LogP contribution in [0.4, 0.5) is 4.39 Å². The number of fused-ring (bicyclic) bond motifs is 1. The highest BCUT2D eigenvalue weighted by molar-refractivity contribution is 5.93. The average molecular weight is 365 g/mol. The van der Waals surface area contributed by atoms with Crippen molar-refractivity contribution < 1.29 is 9.18 Å². The summed E-state index contributed by atoms with van der Waals surface area (Å²) in [6.45, 7) is 1.85. The first-order chi connectivity index (χ1) is 13.0. The molecule has 0 saturated heterocycles. The number of nitrogens with one attached hydrogen (secondary N) is 3. The Morgan fingerprint density at radius 2 is 1.89 bits per heavy atom. The second-order valence-corrected chi connectivity index (χ2v) is 6.20. The van der Waals surface area contributed by atoms with E-state index in [9.17, 15) is 14.0 Å². The van der Waals surface area contributed by atoms with Gasteiger partial charge in [0.1, 0.15) is 11.5 Å². The van der Waals surface area contributed by atoms with Crippen LogP contribution in [0.5, 0.6) is 0 Å². The Balaban J connectivity index is 1.57. The van der Waals surface area contributed by atoms with Crippen molar-refractivity contribution in [1.82, 2.24) is 24.8 Å². The van der Waals surface area contributed by atoms with Crippen molar-refractivity contribution in [1.29, 1.82) is 0 Å². The van der Waals surface area contributed by atoms with Crippen molar-refractivity contribution in [3.05, 3.63) is 82.5 Å². The predicted octanol–water partition coefficient (Wildman–Crippen LogP) is 2.67. The molecule has 7 nitrogen and oxygen atoms in total. The Morgan fingerprint density at radius 3 is 2.67 bits per heavy atom. The first kappa shape index (κ1) is 16.8. The Kier molecular flexibility index (Phi) is 4.08. The molecule has 2 heterocycles. The summed E-state index contributed by atoms with van der Waals surface area (Å²) in [5.41, 5.74) is 2.93. The fourth-order valence-corrected chi connectivity index (χ4v) is 2.94. The zero-order valence-corrected chi connectivity index (χ0v) is 14.4. The van der Waals surface area contributed by atoms with E-state index in [2.05, 4.69) is 20.3 Å². The molecule has 136 valence electrons. The summed E-state index contributed by atoms with van der Waals surface area (Å²) in [5, 5.41) is 2.92. The number of halogens is 1. The van der Waals surface area contributed by atoms with Gasteiger partial charge in [0.2, 0.25) is 0 Å². The van der Waals surface area contributed by atoms with Crippen molar-refractivity contribution in [3.63, 3.8) is 0 Å². The molecular formula is C19H16FN5O2. The Labute approximate surface area is 152 Å². The van der Waals surface area contributed by atoms with Crippen molar-refractivity contribution in [2.45, 2.75) is 13.0 Å². The summed E-state index contributed by atoms with van der Waals surface area (Å²) in [6.07, 6.45) is 2.96. The van der Waals surface area contributed by atoms with Crippen molar-refractivity contribution >= 4 is 16.9 Å². The minimum atomic E-state index is -0.350. The van der Waals surface area contributed by atoms with Crippen LogP contribution in [0.15, 0.2) is 59.8 Å². The van der Waals surface area contributed by atoms with Gasteiger partial charge in [0.15, 0.2) is 0 Å². The maximum Gasteiger partial charge on any atom is 0.323 e. The molecule has 8 heteroatoms. The second kappa shape index (κ2) is 6.56. The molecule has 0 aliphatic rings. The van der Waals surface area contributed by atoms with E-state index < -0.39 is 0 Å². The number of carbonyl (C=O) groups is 1. The van der Waals surface area contributed by atoms with Gasteiger partial charge in [-0.3, -0.25) is 9.36 Å². The number of hydrogen-bond acceptors (Lipinski definition) is 3. The SMILES string of the molecule is C[C@@H](NC(=O)c1cncn1-c1ccc(F)cc1)c1ccc2[nH]c(=O)[nH]c2c1. The average Bonchev–Trinajstić information content (AvgIpc) is 3.27. The highest BCUT2D eigenvalue weighted by Crippen LogP contribution is 2.18. The van der Waals surface area contributed by atoms with Crippen molar-refractivity contribution in [3.8, 4) is 5.69 Å². The van der Waals surface area contributed by atoms with E-state index in [0.717, 1.165) is 5.56 Å². The predicted molar refractivity (Wildman–Crippen MR) is 98.3 cm³/mol. The molecule has 0 radical (unpaired) electrons. The number of carbonyl (C=O) groups excluding carboxylic acids is 1. The Morgan fingerprint density at radius 1 is 1.15 bits per heavy atom. The van der Waals surface area contributed by atoms with Gasteiger partial charge >= 0.3 is 5.69 Å². The third-order valence-electron chi connectivity index (χ3n) is 4.36. The van der Waals surface area contributed by atoms with Gasteiger partial charge in [-0.2, -0.15) is 0 Å². The van der Waals surface area contributed by atoms with E-state index in [4.69, 9.17) is 0 Å². The van der Waals surface area contributed by atoms with Gasteiger partial charge in [0.25, 0.3) is 5.91 Å². The van der Waals surface area contributed by atoms with Gasteiger partial charge in [-0.25, -0.2) is 14.2 Å². The topological polar surface area (TPSA) is 95.6 Å². The molecule has 0 aliphatic heterocycles. The Bertz CT molecular complexity index is 1170. The highest BCUT2D eigenvalue weighted by atomic mass is 19.1. The fourth-order valence-electron chi connectivity index (χ4n) is 2.94. The van der Waals surface area contributed by atoms with Crippen LogP contribution >= 0.6 is 0 Å². The van der Waals surface area contributed by atoms with E-state index >= 15 is 0 Å². The smallest absolute Gasteiger partial charge is 0.323 e. The second-order valence-electron chi connectivity index (χ2n) is 6.20. The molecule has 0 saturated carbocycles. The summed E-state index contributed by atoms with van der Waals surface area (Å²) in [7, 11) is 0. The van der Waals surface area contributed by atoms with Crippen molar-refractivity contribution in [2.24, 2.45) is 0 Å². The monoisotopic (exact) mass is 365 g/mol. The quantitative estimate of drug-likeness (QED) is 0.519. The molecule has 0 spiro atoms. The first-order valence-electron chi connectivity index (χ1n) is 8.32. The summed E-state index contributed by atoms with van der Waals surface area (Å²) < 4.78 is 14.7.